The summed E-state index contributed by atoms with van der Waals surface area (Å²) in [5.74, 6) is -0.328. The van der Waals surface area contributed by atoms with Crippen molar-refractivity contribution in [2.75, 3.05) is 0 Å². The van der Waals surface area contributed by atoms with Gasteiger partial charge < -0.3 is 5.11 Å². The fourth-order valence-corrected chi connectivity index (χ4v) is 2.50. The van der Waals surface area contributed by atoms with Gasteiger partial charge in [0.25, 0.3) is 0 Å². The topological polar surface area (TPSA) is 37.3 Å². The molecule has 0 radical (unpaired) electrons. The molecule has 0 amide bonds. The first-order chi connectivity index (χ1) is 8.49. The lowest BCUT2D eigenvalue weighted by Gasteiger charge is -2.31. The van der Waals surface area contributed by atoms with E-state index in [4.69, 9.17) is 0 Å². The van der Waals surface area contributed by atoms with Crippen molar-refractivity contribution in [3.8, 4) is 0 Å². The van der Waals surface area contributed by atoms with Gasteiger partial charge in [0, 0.05) is 0 Å². The molecule has 2 atom stereocenters. The van der Waals surface area contributed by atoms with E-state index in [1.165, 1.54) is 25.7 Å². The molecule has 2 unspecified atom stereocenters. The molecule has 0 aliphatic carbocycles. The molecule has 0 saturated heterocycles. The average Bonchev–Trinajstić information content (AvgIpc) is 2.34. The maximum atomic E-state index is 11.5. The summed E-state index contributed by atoms with van der Waals surface area (Å²) >= 11 is 0. The Morgan fingerprint density at radius 3 is 2.11 bits per heavy atom. The van der Waals surface area contributed by atoms with Crippen LogP contribution in [-0.4, -0.2) is 11.1 Å². The molecule has 0 aromatic heterocycles. The predicted molar refractivity (Wildman–Crippen MR) is 77.8 cm³/mol. The third kappa shape index (κ3) is 5.88. The molecule has 18 heavy (non-hydrogen) atoms. The number of carboxylic acids is 1. The summed E-state index contributed by atoms with van der Waals surface area (Å²) in [6.45, 7) is 8.42. The minimum Gasteiger partial charge on any atom is -0.481 e. The first-order valence-corrected chi connectivity index (χ1v) is 7.72. The molecule has 2 heteroatoms. The van der Waals surface area contributed by atoms with Crippen molar-refractivity contribution in [3.05, 3.63) is 0 Å². The Labute approximate surface area is 113 Å². The minimum atomic E-state index is -0.610. The van der Waals surface area contributed by atoms with Gasteiger partial charge in [-0.05, 0) is 25.7 Å². The minimum absolute atomic E-state index is 0.281. The van der Waals surface area contributed by atoms with E-state index in [0.29, 0.717) is 0 Å². The lowest BCUT2D eigenvalue weighted by Crippen LogP contribution is -2.34. The molecule has 0 rings (SSSR count). The van der Waals surface area contributed by atoms with Crippen molar-refractivity contribution in [2.45, 2.75) is 85.5 Å². The van der Waals surface area contributed by atoms with Crippen LogP contribution in [-0.2, 0) is 4.79 Å². The first kappa shape index (κ1) is 17.5. The van der Waals surface area contributed by atoms with Crippen molar-refractivity contribution in [1.29, 1.82) is 0 Å². The van der Waals surface area contributed by atoms with Crippen LogP contribution in [0.1, 0.15) is 85.5 Å². The molecule has 2 nitrogen and oxygen atoms in total. The Bertz CT molecular complexity index is 225. The zero-order chi connectivity index (χ0) is 14.0. The lowest BCUT2D eigenvalue weighted by atomic mass is 9.72. The van der Waals surface area contributed by atoms with Gasteiger partial charge in [-0.2, -0.15) is 0 Å². The van der Waals surface area contributed by atoms with Crippen molar-refractivity contribution in [3.63, 3.8) is 0 Å². The molecule has 0 aliphatic heterocycles. The monoisotopic (exact) mass is 256 g/mol. The molecular weight excluding hydrogens is 224 g/mol. The van der Waals surface area contributed by atoms with Crippen molar-refractivity contribution < 1.29 is 9.90 Å². The maximum Gasteiger partial charge on any atom is 0.309 e. The second kappa shape index (κ2) is 9.41. The van der Waals surface area contributed by atoms with Crippen molar-refractivity contribution in [2.24, 2.45) is 11.3 Å². The van der Waals surface area contributed by atoms with Crippen LogP contribution in [0.5, 0.6) is 0 Å². The first-order valence-electron chi connectivity index (χ1n) is 7.72. The van der Waals surface area contributed by atoms with Gasteiger partial charge in [0.1, 0.15) is 0 Å². The highest BCUT2D eigenvalue weighted by atomic mass is 16.4. The third-order valence-electron chi connectivity index (χ3n) is 4.37. The van der Waals surface area contributed by atoms with Gasteiger partial charge in [-0.25, -0.2) is 0 Å². The van der Waals surface area contributed by atoms with E-state index >= 15 is 0 Å². The Morgan fingerprint density at radius 2 is 1.61 bits per heavy atom. The van der Waals surface area contributed by atoms with Gasteiger partial charge in [-0.3, -0.25) is 4.79 Å². The predicted octanol–water partition coefficient (Wildman–Crippen LogP) is 5.26. The largest absolute Gasteiger partial charge is 0.481 e. The van der Waals surface area contributed by atoms with Gasteiger partial charge in [0.05, 0.1) is 5.41 Å². The Morgan fingerprint density at radius 1 is 1.06 bits per heavy atom. The summed E-state index contributed by atoms with van der Waals surface area (Å²) in [4.78, 5) is 11.5. The second-order valence-corrected chi connectivity index (χ2v) is 5.93. The third-order valence-corrected chi connectivity index (χ3v) is 4.37. The SMILES string of the molecule is CCCCCCC(C)C(C)(CCCCC)C(=O)O. The maximum absolute atomic E-state index is 11.5. The zero-order valence-corrected chi connectivity index (χ0v) is 12.8. The van der Waals surface area contributed by atoms with Gasteiger partial charge in [0.2, 0.25) is 0 Å². The summed E-state index contributed by atoms with van der Waals surface area (Å²) in [5, 5.41) is 9.50. The van der Waals surface area contributed by atoms with Crippen molar-refractivity contribution in [1.82, 2.24) is 0 Å². The fourth-order valence-electron chi connectivity index (χ4n) is 2.50. The normalized spacial score (nSPS) is 16.2. The van der Waals surface area contributed by atoms with Crippen LogP contribution in [0.3, 0.4) is 0 Å². The van der Waals surface area contributed by atoms with Crippen LogP contribution in [0.2, 0.25) is 0 Å². The molecule has 0 aromatic rings. The van der Waals surface area contributed by atoms with E-state index in [9.17, 15) is 9.90 Å². The molecule has 0 heterocycles. The van der Waals surface area contributed by atoms with E-state index in [-0.39, 0.29) is 5.92 Å². The van der Waals surface area contributed by atoms with E-state index < -0.39 is 11.4 Å². The van der Waals surface area contributed by atoms with Crippen LogP contribution in [0.4, 0.5) is 0 Å². The highest BCUT2D eigenvalue weighted by molar-refractivity contribution is 5.74. The Balaban J connectivity index is 4.24. The molecule has 0 saturated carbocycles. The summed E-state index contributed by atoms with van der Waals surface area (Å²) in [6, 6.07) is 0. The van der Waals surface area contributed by atoms with E-state index in [1.807, 2.05) is 6.92 Å². The molecule has 108 valence electrons. The van der Waals surface area contributed by atoms with Gasteiger partial charge in [0.15, 0.2) is 0 Å². The average molecular weight is 256 g/mol. The summed E-state index contributed by atoms with van der Waals surface area (Å²) in [6.07, 6.45) is 10.1. The van der Waals surface area contributed by atoms with E-state index in [2.05, 4.69) is 20.8 Å². The van der Waals surface area contributed by atoms with Crippen LogP contribution < -0.4 is 0 Å². The fraction of sp³-hybridized carbons (Fsp3) is 0.938. The number of hydrogen-bond donors (Lipinski definition) is 1. The summed E-state index contributed by atoms with van der Waals surface area (Å²) in [7, 11) is 0. The number of carboxylic acid groups (broad SMARTS) is 1. The molecule has 1 N–H and O–H groups in total. The summed E-state index contributed by atoms with van der Waals surface area (Å²) in [5.41, 5.74) is -0.526. The van der Waals surface area contributed by atoms with Gasteiger partial charge in [-0.1, -0.05) is 65.7 Å². The molecule has 0 aromatic carbocycles. The molecule has 0 spiro atoms. The number of aliphatic carboxylic acids is 1. The van der Waals surface area contributed by atoms with Crippen LogP contribution >= 0.6 is 0 Å². The molecular formula is C16H32O2. The number of carbonyl (C=O) groups is 1. The van der Waals surface area contributed by atoms with E-state index in [1.54, 1.807) is 0 Å². The highest BCUT2D eigenvalue weighted by Gasteiger charge is 2.37. The van der Waals surface area contributed by atoms with Gasteiger partial charge >= 0.3 is 5.97 Å². The van der Waals surface area contributed by atoms with Crippen LogP contribution in [0.15, 0.2) is 0 Å². The highest BCUT2D eigenvalue weighted by Crippen LogP contribution is 2.36. The van der Waals surface area contributed by atoms with Crippen molar-refractivity contribution >= 4 is 5.97 Å². The number of rotatable bonds is 11. The molecule has 0 bridgehead atoms. The number of hydrogen-bond acceptors (Lipinski definition) is 1. The zero-order valence-electron chi connectivity index (χ0n) is 12.8. The van der Waals surface area contributed by atoms with E-state index in [0.717, 1.165) is 32.1 Å². The van der Waals surface area contributed by atoms with Gasteiger partial charge in [-0.15, -0.1) is 0 Å². The molecule has 0 fully saturated rings. The summed E-state index contributed by atoms with van der Waals surface area (Å²) < 4.78 is 0. The Kier molecular flexibility index (Phi) is 9.13. The molecule has 0 aliphatic rings. The quantitative estimate of drug-likeness (QED) is 0.512. The standard InChI is InChI=1S/C16H32O2/c1-5-7-9-10-12-14(3)16(4,15(17)18)13-11-8-6-2/h14H,5-13H2,1-4H3,(H,17,18). The smallest absolute Gasteiger partial charge is 0.309 e. The Hall–Kier alpha value is -0.530. The van der Waals surface area contributed by atoms with Crippen LogP contribution in [0.25, 0.3) is 0 Å². The second-order valence-electron chi connectivity index (χ2n) is 5.93. The lowest BCUT2D eigenvalue weighted by molar-refractivity contribution is -0.151. The number of unbranched alkanes of at least 4 members (excludes halogenated alkanes) is 5. The van der Waals surface area contributed by atoms with Crippen LogP contribution in [0, 0.1) is 11.3 Å².